The minimum atomic E-state index is -0.0774. The van der Waals surface area contributed by atoms with E-state index in [2.05, 4.69) is 35.4 Å². The van der Waals surface area contributed by atoms with E-state index in [0.717, 1.165) is 30.0 Å². The molecule has 0 aliphatic heterocycles. The van der Waals surface area contributed by atoms with Gasteiger partial charge in [-0.2, -0.15) is 0 Å². The lowest BCUT2D eigenvalue weighted by Crippen LogP contribution is -2.39. The number of ether oxygens (including phenoxy) is 1. The summed E-state index contributed by atoms with van der Waals surface area (Å²) in [5, 5.41) is 5.83. The molecule has 162 valence electrons. The molecule has 1 unspecified atom stereocenters. The summed E-state index contributed by atoms with van der Waals surface area (Å²) in [6, 6.07) is 17.6. The van der Waals surface area contributed by atoms with Gasteiger partial charge in [0.05, 0.1) is 19.6 Å². The van der Waals surface area contributed by atoms with Gasteiger partial charge in [0, 0.05) is 19.5 Å². The summed E-state index contributed by atoms with van der Waals surface area (Å²) in [7, 11) is 1.65. The topological polar surface area (TPSA) is 70.7 Å². The van der Waals surface area contributed by atoms with E-state index in [9.17, 15) is 9.59 Å². The minimum absolute atomic E-state index is 0.0618. The maximum Gasteiger partial charge on any atom is 0.224 e. The molecule has 0 saturated heterocycles. The van der Waals surface area contributed by atoms with Gasteiger partial charge in [-0.1, -0.05) is 56.3 Å². The summed E-state index contributed by atoms with van der Waals surface area (Å²) >= 11 is 0. The van der Waals surface area contributed by atoms with Crippen molar-refractivity contribution in [2.75, 3.05) is 33.3 Å². The number of hydrogen-bond donors (Lipinski definition) is 2. The Morgan fingerprint density at radius 3 is 2.37 bits per heavy atom. The summed E-state index contributed by atoms with van der Waals surface area (Å²) < 4.78 is 5.35. The van der Waals surface area contributed by atoms with Gasteiger partial charge < -0.3 is 15.4 Å². The largest absolute Gasteiger partial charge is 0.497 e. The fraction of sp³-hybridized carbons (Fsp3) is 0.417. The molecule has 0 radical (unpaired) electrons. The highest BCUT2D eigenvalue weighted by atomic mass is 16.5. The summed E-state index contributed by atoms with van der Waals surface area (Å²) in [5.74, 6) is 0.651. The SMILES string of the molecule is CCN(CC)C(CNC(=O)CCNC(=O)Cc1ccccc1)c1cccc(OC)c1. The second-order valence-corrected chi connectivity index (χ2v) is 7.08. The van der Waals surface area contributed by atoms with Gasteiger partial charge in [0.15, 0.2) is 0 Å². The van der Waals surface area contributed by atoms with Crippen molar-refractivity contribution in [3.05, 3.63) is 65.7 Å². The first-order valence-corrected chi connectivity index (χ1v) is 10.5. The Kier molecular flexibility index (Phi) is 9.87. The van der Waals surface area contributed by atoms with E-state index < -0.39 is 0 Å². The van der Waals surface area contributed by atoms with Crippen molar-refractivity contribution in [2.24, 2.45) is 0 Å². The number of methoxy groups -OCH3 is 1. The first-order valence-electron chi connectivity index (χ1n) is 10.5. The minimum Gasteiger partial charge on any atom is -0.497 e. The quantitative estimate of drug-likeness (QED) is 0.563. The second-order valence-electron chi connectivity index (χ2n) is 7.08. The average molecular weight is 412 g/mol. The maximum atomic E-state index is 12.3. The number of nitrogens with one attached hydrogen (secondary N) is 2. The molecule has 2 aromatic carbocycles. The highest BCUT2D eigenvalue weighted by Crippen LogP contribution is 2.23. The van der Waals surface area contributed by atoms with Crippen LogP contribution in [0.15, 0.2) is 54.6 Å². The molecule has 0 aromatic heterocycles. The van der Waals surface area contributed by atoms with Crippen molar-refractivity contribution >= 4 is 11.8 Å². The van der Waals surface area contributed by atoms with E-state index in [1.165, 1.54) is 0 Å². The molecule has 0 saturated carbocycles. The Balaban J connectivity index is 1.83. The van der Waals surface area contributed by atoms with Crippen LogP contribution in [0.2, 0.25) is 0 Å². The average Bonchev–Trinajstić information content (AvgIpc) is 2.77. The molecule has 0 fully saturated rings. The molecule has 0 aliphatic carbocycles. The van der Waals surface area contributed by atoms with Crippen LogP contribution in [-0.2, 0) is 16.0 Å². The smallest absolute Gasteiger partial charge is 0.224 e. The molecule has 6 heteroatoms. The molecule has 1 atom stereocenters. The zero-order chi connectivity index (χ0) is 21.8. The number of benzene rings is 2. The Morgan fingerprint density at radius 1 is 0.967 bits per heavy atom. The molecule has 0 aliphatic rings. The van der Waals surface area contributed by atoms with Crippen molar-refractivity contribution in [2.45, 2.75) is 32.7 Å². The van der Waals surface area contributed by atoms with Gasteiger partial charge in [0.25, 0.3) is 0 Å². The van der Waals surface area contributed by atoms with Crippen LogP contribution in [0.4, 0.5) is 0 Å². The summed E-state index contributed by atoms with van der Waals surface area (Å²) in [4.78, 5) is 26.6. The third-order valence-electron chi connectivity index (χ3n) is 5.11. The number of nitrogens with zero attached hydrogens (tertiary/aromatic N) is 1. The van der Waals surface area contributed by atoms with Crippen molar-refractivity contribution < 1.29 is 14.3 Å². The van der Waals surface area contributed by atoms with Gasteiger partial charge in [-0.3, -0.25) is 14.5 Å². The van der Waals surface area contributed by atoms with Crippen molar-refractivity contribution in [3.63, 3.8) is 0 Å². The zero-order valence-corrected chi connectivity index (χ0v) is 18.2. The summed E-state index contributed by atoms with van der Waals surface area (Å²) in [5.41, 5.74) is 2.06. The number of hydrogen-bond acceptors (Lipinski definition) is 4. The van der Waals surface area contributed by atoms with Gasteiger partial charge >= 0.3 is 0 Å². The van der Waals surface area contributed by atoms with Gasteiger partial charge in [0.2, 0.25) is 11.8 Å². The maximum absolute atomic E-state index is 12.3. The monoisotopic (exact) mass is 411 g/mol. The van der Waals surface area contributed by atoms with Crippen LogP contribution in [-0.4, -0.2) is 50.0 Å². The molecular weight excluding hydrogens is 378 g/mol. The third-order valence-corrected chi connectivity index (χ3v) is 5.11. The number of likely N-dealkylation sites (N-methyl/N-ethyl adjacent to an activating group) is 1. The summed E-state index contributed by atoms with van der Waals surface area (Å²) in [6.07, 6.45) is 0.575. The first-order chi connectivity index (χ1) is 14.6. The second kappa shape index (κ2) is 12.6. The molecular formula is C24H33N3O3. The Hall–Kier alpha value is -2.86. The van der Waals surface area contributed by atoms with Crippen molar-refractivity contribution in [1.82, 2.24) is 15.5 Å². The molecule has 2 N–H and O–H groups in total. The summed E-state index contributed by atoms with van der Waals surface area (Å²) in [6.45, 7) is 6.81. The van der Waals surface area contributed by atoms with Crippen LogP contribution in [0, 0.1) is 0 Å². The van der Waals surface area contributed by atoms with Gasteiger partial charge in [-0.15, -0.1) is 0 Å². The van der Waals surface area contributed by atoms with Crippen LogP contribution >= 0.6 is 0 Å². The van der Waals surface area contributed by atoms with Crippen LogP contribution in [0.25, 0.3) is 0 Å². The standard InChI is InChI=1S/C24H33N3O3/c1-4-27(5-2)22(20-12-9-13-21(17-20)30-3)18-26-23(28)14-15-25-24(29)16-19-10-7-6-8-11-19/h6-13,17,22H,4-5,14-16,18H2,1-3H3,(H,25,29)(H,26,28). The molecule has 0 spiro atoms. The van der Waals surface area contributed by atoms with Gasteiger partial charge in [-0.05, 0) is 36.3 Å². The van der Waals surface area contributed by atoms with E-state index >= 15 is 0 Å². The number of carbonyl (C=O) groups is 2. The van der Waals surface area contributed by atoms with E-state index in [1.54, 1.807) is 7.11 Å². The molecule has 2 amide bonds. The predicted molar refractivity (Wildman–Crippen MR) is 119 cm³/mol. The highest BCUT2D eigenvalue weighted by molar-refractivity contribution is 5.80. The zero-order valence-electron chi connectivity index (χ0n) is 18.2. The number of rotatable bonds is 12. The molecule has 2 aromatic rings. The molecule has 0 bridgehead atoms. The predicted octanol–water partition coefficient (Wildman–Crippen LogP) is 2.94. The van der Waals surface area contributed by atoms with E-state index in [-0.39, 0.29) is 24.3 Å². The number of amides is 2. The highest BCUT2D eigenvalue weighted by Gasteiger charge is 2.19. The third kappa shape index (κ3) is 7.52. The number of carbonyl (C=O) groups excluding carboxylic acids is 2. The molecule has 2 rings (SSSR count). The van der Waals surface area contributed by atoms with Gasteiger partial charge in [-0.25, -0.2) is 0 Å². The van der Waals surface area contributed by atoms with E-state index in [4.69, 9.17) is 4.74 Å². The van der Waals surface area contributed by atoms with Crippen LogP contribution < -0.4 is 15.4 Å². The lowest BCUT2D eigenvalue weighted by atomic mass is 10.0. The molecule has 30 heavy (non-hydrogen) atoms. The molecule has 0 heterocycles. The first kappa shape index (κ1) is 23.4. The van der Waals surface area contributed by atoms with Crippen LogP contribution in [0.3, 0.4) is 0 Å². The van der Waals surface area contributed by atoms with Gasteiger partial charge in [0.1, 0.15) is 5.75 Å². The van der Waals surface area contributed by atoms with Crippen LogP contribution in [0.1, 0.15) is 37.4 Å². The van der Waals surface area contributed by atoms with Crippen LogP contribution in [0.5, 0.6) is 5.75 Å². The Morgan fingerprint density at radius 2 is 1.70 bits per heavy atom. The van der Waals surface area contributed by atoms with Crippen molar-refractivity contribution in [1.29, 1.82) is 0 Å². The Bertz CT molecular complexity index is 791. The molecule has 6 nitrogen and oxygen atoms in total. The van der Waals surface area contributed by atoms with E-state index in [0.29, 0.717) is 19.5 Å². The lowest BCUT2D eigenvalue weighted by Gasteiger charge is -2.30. The fourth-order valence-electron chi connectivity index (χ4n) is 3.43. The van der Waals surface area contributed by atoms with E-state index in [1.807, 2.05) is 48.5 Å². The Labute approximate surface area is 179 Å². The lowest BCUT2D eigenvalue weighted by molar-refractivity contribution is -0.122. The van der Waals surface area contributed by atoms with Crippen molar-refractivity contribution in [3.8, 4) is 5.75 Å². The normalized spacial score (nSPS) is 11.7. The fourth-order valence-corrected chi connectivity index (χ4v) is 3.43.